The molecular weight excluding hydrogens is 316 g/mol. The van der Waals surface area contributed by atoms with E-state index < -0.39 is 17.9 Å². The molecule has 0 aromatic heterocycles. The fourth-order valence-electron chi connectivity index (χ4n) is 2.98. The molecule has 2 N–H and O–H groups in total. The monoisotopic (exact) mass is 340 g/mol. The second-order valence-electron chi connectivity index (χ2n) is 6.81. The minimum atomic E-state index is -0.990. The number of hydrogen-bond acceptors (Lipinski definition) is 2. The Morgan fingerprint density at radius 1 is 0.800 bits per heavy atom. The maximum absolute atomic E-state index is 11.0. The van der Waals surface area contributed by atoms with Crippen LogP contribution in [0.5, 0.6) is 0 Å². The lowest BCUT2D eigenvalue weighted by Gasteiger charge is -2.14. The molecule has 2 aromatic rings. The Labute approximate surface area is 148 Å². The Morgan fingerprint density at radius 3 is 1.64 bits per heavy atom. The summed E-state index contributed by atoms with van der Waals surface area (Å²) in [5.41, 5.74) is 4.17. The van der Waals surface area contributed by atoms with Crippen LogP contribution in [0.1, 0.15) is 43.7 Å². The second-order valence-corrected chi connectivity index (χ2v) is 6.81. The lowest BCUT2D eigenvalue weighted by Crippen LogP contribution is -2.11. The Hall–Kier alpha value is -2.62. The van der Waals surface area contributed by atoms with Crippen LogP contribution in [-0.2, 0) is 16.0 Å². The van der Waals surface area contributed by atoms with E-state index in [1.807, 2.05) is 24.3 Å². The highest BCUT2D eigenvalue weighted by molar-refractivity contribution is 5.73. The lowest BCUT2D eigenvalue weighted by atomic mass is 9.91. The third-order valence-electron chi connectivity index (χ3n) is 4.16. The number of rotatable bonds is 8. The quantitative estimate of drug-likeness (QED) is 0.737. The summed E-state index contributed by atoms with van der Waals surface area (Å²) in [5, 5.41) is 18.0. The summed E-state index contributed by atoms with van der Waals surface area (Å²) in [6, 6.07) is 15.9. The van der Waals surface area contributed by atoms with Crippen LogP contribution in [0.2, 0.25) is 0 Å². The molecule has 0 spiro atoms. The molecule has 2 rings (SSSR count). The van der Waals surface area contributed by atoms with E-state index in [9.17, 15) is 9.59 Å². The van der Waals surface area contributed by atoms with Crippen molar-refractivity contribution in [3.05, 3.63) is 59.7 Å². The number of benzene rings is 2. The highest BCUT2D eigenvalue weighted by atomic mass is 16.4. The number of aliphatic carboxylic acids is 2. The molecule has 0 amide bonds. The van der Waals surface area contributed by atoms with E-state index >= 15 is 0 Å². The summed E-state index contributed by atoms with van der Waals surface area (Å²) in [7, 11) is 0. The van der Waals surface area contributed by atoms with Crippen molar-refractivity contribution in [2.75, 3.05) is 0 Å². The summed E-state index contributed by atoms with van der Waals surface area (Å²) in [5.74, 6) is -1.88. The summed E-state index contributed by atoms with van der Waals surface area (Å²) >= 11 is 0. The predicted octanol–water partition coefficient (Wildman–Crippen LogP) is 4.59. The highest BCUT2D eigenvalue weighted by Crippen LogP contribution is 2.27. The van der Waals surface area contributed by atoms with E-state index in [-0.39, 0.29) is 12.8 Å². The zero-order valence-corrected chi connectivity index (χ0v) is 14.6. The van der Waals surface area contributed by atoms with E-state index in [1.165, 1.54) is 5.56 Å². The van der Waals surface area contributed by atoms with Gasteiger partial charge in [-0.2, -0.15) is 0 Å². The molecule has 0 unspecified atom stereocenters. The van der Waals surface area contributed by atoms with Crippen LogP contribution in [0.15, 0.2) is 48.5 Å². The van der Waals surface area contributed by atoms with Crippen LogP contribution in [0.3, 0.4) is 0 Å². The van der Waals surface area contributed by atoms with E-state index in [4.69, 9.17) is 10.2 Å². The lowest BCUT2D eigenvalue weighted by molar-refractivity contribution is -0.139. The van der Waals surface area contributed by atoms with Gasteiger partial charge in [0, 0.05) is 5.92 Å². The van der Waals surface area contributed by atoms with Crippen LogP contribution in [0, 0.1) is 5.92 Å². The topological polar surface area (TPSA) is 74.6 Å². The predicted molar refractivity (Wildman–Crippen MR) is 97.7 cm³/mol. The standard InChI is InChI=1S/C21H24O4/c1-14(2)11-15-3-5-16(6-4-15)17-7-9-18(10-8-17)19(12-20(22)23)13-21(24)25/h3-10,14,19H,11-13H2,1-2H3,(H,22,23)(H,24,25). The molecule has 0 saturated heterocycles. The van der Waals surface area contributed by atoms with Gasteiger partial charge in [0.15, 0.2) is 0 Å². The minimum Gasteiger partial charge on any atom is -0.481 e. The van der Waals surface area contributed by atoms with Gasteiger partial charge >= 0.3 is 11.9 Å². The number of hydrogen-bond donors (Lipinski definition) is 2. The third kappa shape index (κ3) is 5.75. The third-order valence-corrected chi connectivity index (χ3v) is 4.16. The first-order valence-corrected chi connectivity index (χ1v) is 8.48. The summed E-state index contributed by atoms with van der Waals surface area (Å²) in [6.45, 7) is 4.38. The van der Waals surface area contributed by atoms with Gasteiger partial charge in [-0.25, -0.2) is 0 Å². The van der Waals surface area contributed by atoms with Crippen molar-refractivity contribution in [1.82, 2.24) is 0 Å². The molecule has 132 valence electrons. The second kappa shape index (κ2) is 8.47. The van der Waals surface area contributed by atoms with Crippen LogP contribution < -0.4 is 0 Å². The first-order chi connectivity index (χ1) is 11.8. The molecule has 0 fully saturated rings. The summed E-state index contributed by atoms with van der Waals surface area (Å²) in [6.07, 6.45) is 0.677. The van der Waals surface area contributed by atoms with Crippen LogP contribution in [-0.4, -0.2) is 22.2 Å². The molecule has 0 heterocycles. The van der Waals surface area contributed by atoms with Gasteiger partial charge in [-0.05, 0) is 34.6 Å². The fraction of sp³-hybridized carbons (Fsp3) is 0.333. The van der Waals surface area contributed by atoms with Crippen molar-refractivity contribution in [2.45, 2.75) is 39.0 Å². The average Bonchev–Trinajstić information content (AvgIpc) is 2.54. The molecule has 4 nitrogen and oxygen atoms in total. The van der Waals surface area contributed by atoms with Gasteiger partial charge in [-0.3, -0.25) is 9.59 Å². The van der Waals surface area contributed by atoms with E-state index in [2.05, 4.69) is 38.1 Å². The van der Waals surface area contributed by atoms with Gasteiger partial charge in [0.25, 0.3) is 0 Å². The molecule has 4 heteroatoms. The van der Waals surface area contributed by atoms with Gasteiger partial charge in [-0.15, -0.1) is 0 Å². The zero-order valence-electron chi connectivity index (χ0n) is 14.6. The molecular formula is C21H24O4. The molecule has 2 aromatic carbocycles. The number of carboxylic acids is 2. The first kappa shape index (κ1) is 18.7. The number of carboxylic acid groups (broad SMARTS) is 2. The molecule has 0 aliphatic heterocycles. The molecule has 0 aliphatic carbocycles. The summed E-state index contributed by atoms with van der Waals surface area (Å²) < 4.78 is 0. The Balaban J connectivity index is 2.17. The van der Waals surface area contributed by atoms with Crippen molar-refractivity contribution in [2.24, 2.45) is 5.92 Å². The van der Waals surface area contributed by atoms with E-state index in [0.717, 1.165) is 23.1 Å². The Bertz CT molecular complexity index is 699. The average molecular weight is 340 g/mol. The van der Waals surface area contributed by atoms with Gasteiger partial charge in [0.2, 0.25) is 0 Å². The van der Waals surface area contributed by atoms with Crippen molar-refractivity contribution in [3.8, 4) is 11.1 Å². The van der Waals surface area contributed by atoms with Crippen LogP contribution in [0.4, 0.5) is 0 Å². The fourth-order valence-corrected chi connectivity index (χ4v) is 2.98. The Morgan fingerprint density at radius 2 is 1.24 bits per heavy atom. The normalized spacial score (nSPS) is 11.0. The van der Waals surface area contributed by atoms with E-state index in [1.54, 1.807) is 0 Å². The molecule has 0 saturated carbocycles. The Kier molecular flexibility index (Phi) is 6.34. The SMILES string of the molecule is CC(C)Cc1ccc(-c2ccc(C(CC(=O)O)CC(=O)O)cc2)cc1. The molecule has 25 heavy (non-hydrogen) atoms. The van der Waals surface area contributed by atoms with E-state index in [0.29, 0.717) is 5.92 Å². The van der Waals surface area contributed by atoms with Gasteiger partial charge < -0.3 is 10.2 Å². The summed E-state index contributed by atoms with van der Waals surface area (Å²) in [4.78, 5) is 21.9. The first-order valence-electron chi connectivity index (χ1n) is 8.48. The maximum atomic E-state index is 11.0. The van der Waals surface area contributed by atoms with Gasteiger partial charge in [0.05, 0.1) is 12.8 Å². The maximum Gasteiger partial charge on any atom is 0.303 e. The van der Waals surface area contributed by atoms with Crippen molar-refractivity contribution in [3.63, 3.8) is 0 Å². The molecule has 0 aliphatic rings. The van der Waals surface area contributed by atoms with Crippen molar-refractivity contribution >= 4 is 11.9 Å². The number of carbonyl (C=O) groups is 2. The highest BCUT2D eigenvalue weighted by Gasteiger charge is 2.19. The van der Waals surface area contributed by atoms with Crippen LogP contribution in [0.25, 0.3) is 11.1 Å². The zero-order chi connectivity index (χ0) is 18.4. The largest absolute Gasteiger partial charge is 0.481 e. The van der Waals surface area contributed by atoms with Crippen LogP contribution >= 0.6 is 0 Å². The van der Waals surface area contributed by atoms with Crippen molar-refractivity contribution < 1.29 is 19.8 Å². The molecule has 0 radical (unpaired) electrons. The van der Waals surface area contributed by atoms with Crippen molar-refractivity contribution in [1.29, 1.82) is 0 Å². The van der Waals surface area contributed by atoms with Gasteiger partial charge in [0.1, 0.15) is 0 Å². The smallest absolute Gasteiger partial charge is 0.303 e. The van der Waals surface area contributed by atoms with Gasteiger partial charge in [-0.1, -0.05) is 62.4 Å². The minimum absolute atomic E-state index is 0.185. The molecule has 0 atom stereocenters. The molecule has 0 bridgehead atoms.